The van der Waals surface area contributed by atoms with Gasteiger partial charge in [0.05, 0.1) is 0 Å². The molecule has 9 heavy (non-hydrogen) atoms. The number of hydrogen-bond acceptors (Lipinski definition) is 3. The maximum absolute atomic E-state index is 10.5. The molecule has 1 aromatic rings. The minimum absolute atomic E-state index is 0.131. The quantitative estimate of drug-likeness (QED) is 0.592. The van der Waals surface area contributed by atoms with Crippen molar-refractivity contribution in [1.29, 1.82) is 0 Å². The van der Waals surface area contributed by atoms with E-state index < -0.39 is 11.0 Å². The van der Waals surface area contributed by atoms with Crippen LogP contribution in [0.2, 0.25) is 0 Å². The molecule has 48 valence electrons. The van der Waals surface area contributed by atoms with Crippen LogP contribution in [0.25, 0.3) is 0 Å². The molecule has 0 spiro atoms. The van der Waals surface area contributed by atoms with Crippen LogP contribution in [0.15, 0.2) is 24.8 Å². The summed E-state index contributed by atoms with van der Waals surface area (Å²) in [6, 6.07) is 0. The second kappa shape index (κ2) is 2.18. The highest BCUT2D eigenvalue weighted by molar-refractivity contribution is 9.10. The van der Waals surface area contributed by atoms with Crippen LogP contribution < -0.4 is 11.0 Å². The summed E-state index contributed by atoms with van der Waals surface area (Å²) in [5, 5.41) is 1.87. The van der Waals surface area contributed by atoms with Crippen molar-refractivity contribution in [2.24, 2.45) is 0 Å². The molecular formula is C4H2BrNO3. The van der Waals surface area contributed by atoms with Crippen molar-refractivity contribution in [2.75, 3.05) is 0 Å². The van der Waals surface area contributed by atoms with Crippen molar-refractivity contribution in [3.63, 3.8) is 0 Å². The molecular weight excluding hydrogens is 190 g/mol. The predicted octanol–water partition coefficient (Wildman–Crippen LogP) is 0.0906. The van der Waals surface area contributed by atoms with Gasteiger partial charge in [0.25, 0.3) is 5.43 Å². The van der Waals surface area contributed by atoms with Crippen molar-refractivity contribution in [2.45, 2.75) is 0 Å². The van der Waals surface area contributed by atoms with Gasteiger partial charge in [-0.1, -0.05) is 0 Å². The van der Waals surface area contributed by atoms with Gasteiger partial charge in [-0.2, -0.15) is 5.16 Å². The molecule has 0 unspecified atom stereocenters. The van der Waals surface area contributed by atoms with Gasteiger partial charge in [-0.15, -0.1) is 0 Å². The van der Waals surface area contributed by atoms with Crippen molar-refractivity contribution < 1.29 is 4.52 Å². The standard InChI is InChI=1S/C4H2BrNO3/c5-2-1-9-6-4(8)3(2)7/h1H,(H,6,8). The van der Waals surface area contributed by atoms with E-state index in [1.807, 2.05) is 5.16 Å². The Kier molecular flexibility index (Phi) is 1.52. The molecule has 1 heterocycles. The Morgan fingerprint density at radius 1 is 1.56 bits per heavy atom. The van der Waals surface area contributed by atoms with E-state index in [2.05, 4.69) is 20.5 Å². The first-order valence-corrected chi connectivity index (χ1v) is 2.87. The van der Waals surface area contributed by atoms with Crippen LogP contribution in [0.4, 0.5) is 0 Å². The molecule has 0 aromatic carbocycles. The number of nitrogens with one attached hydrogen (secondary N) is 1. The van der Waals surface area contributed by atoms with Gasteiger partial charge in [-0.25, -0.2) is 0 Å². The van der Waals surface area contributed by atoms with Gasteiger partial charge < -0.3 is 4.52 Å². The first kappa shape index (κ1) is 6.28. The lowest BCUT2D eigenvalue weighted by atomic mass is 10.6. The molecule has 1 N–H and O–H groups in total. The fraction of sp³-hybridized carbons (Fsp3) is 0. The van der Waals surface area contributed by atoms with Crippen molar-refractivity contribution in [3.05, 3.63) is 31.3 Å². The van der Waals surface area contributed by atoms with Crippen LogP contribution in [0.5, 0.6) is 0 Å². The van der Waals surface area contributed by atoms with Crippen molar-refractivity contribution >= 4 is 15.9 Å². The maximum Gasteiger partial charge on any atom is 0.325 e. The molecule has 0 amide bonds. The molecule has 4 nitrogen and oxygen atoms in total. The number of halogens is 1. The lowest BCUT2D eigenvalue weighted by molar-refractivity contribution is 0.385. The van der Waals surface area contributed by atoms with Crippen LogP contribution in [0.3, 0.4) is 0 Å². The average Bonchev–Trinajstić information content (AvgIpc) is 1.83. The molecule has 0 radical (unpaired) electrons. The number of aromatic amines is 1. The summed E-state index contributed by atoms with van der Waals surface area (Å²) in [6.45, 7) is 0. The highest BCUT2D eigenvalue weighted by Gasteiger charge is 1.97. The van der Waals surface area contributed by atoms with E-state index >= 15 is 0 Å². The first-order chi connectivity index (χ1) is 4.22. The summed E-state index contributed by atoms with van der Waals surface area (Å²) >= 11 is 2.82. The van der Waals surface area contributed by atoms with E-state index in [0.717, 1.165) is 6.26 Å². The van der Waals surface area contributed by atoms with E-state index in [9.17, 15) is 9.59 Å². The topological polar surface area (TPSA) is 63.1 Å². The Hall–Kier alpha value is -0.840. The molecule has 0 aliphatic heterocycles. The van der Waals surface area contributed by atoms with Gasteiger partial charge in [0, 0.05) is 0 Å². The van der Waals surface area contributed by atoms with Crippen LogP contribution in [-0.2, 0) is 0 Å². The van der Waals surface area contributed by atoms with Crippen molar-refractivity contribution in [1.82, 2.24) is 5.16 Å². The summed E-state index contributed by atoms with van der Waals surface area (Å²) < 4.78 is 4.47. The predicted molar refractivity (Wildman–Crippen MR) is 33.3 cm³/mol. The van der Waals surface area contributed by atoms with Crippen LogP contribution in [0, 0.1) is 0 Å². The molecule has 0 bridgehead atoms. The van der Waals surface area contributed by atoms with Gasteiger partial charge in [-0.05, 0) is 15.9 Å². The summed E-state index contributed by atoms with van der Waals surface area (Å²) in [5.41, 5.74) is -1.38. The summed E-state index contributed by atoms with van der Waals surface area (Å²) in [5.74, 6) is 0. The molecule has 1 aromatic heterocycles. The molecule has 0 aliphatic rings. The normalized spacial score (nSPS) is 9.44. The Labute approximate surface area is 57.6 Å². The van der Waals surface area contributed by atoms with Crippen LogP contribution >= 0.6 is 15.9 Å². The monoisotopic (exact) mass is 191 g/mol. The van der Waals surface area contributed by atoms with Gasteiger partial charge >= 0.3 is 5.56 Å². The highest BCUT2D eigenvalue weighted by Crippen LogP contribution is 1.95. The van der Waals surface area contributed by atoms with E-state index in [4.69, 9.17) is 0 Å². The number of aromatic nitrogens is 1. The average molecular weight is 192 g/mol. The van der Waals surface area contributed by atoms with E-state index in [1.165, 1.54) is 0 Å². The number of H-pyrrole nitrogens is 1. The minimum Gasteiger partial charge on any atom is -0.386 e. The third-order valence-corrected chi connectivity index (χ3v) is 1.28. The second-order valence-electron chi connectivity index (χ2n) is 1.34. The molecule has 0 aliphatic carbocycles. The fourth-order valence-corrected chi connectivity index (χ4v) is 0.617. The third-order valence-electron chi connectivity index (χ3n) is 0.737. The van der Waals surface area contributed by atoms with Crippen LogP contribution in [0.1, 0.15) is 0 Å². The van der Waals surface area contributed by atoms with E-state index in [-0.39, 0.29) is 4.47 Å². The molecule has 0 saturated carbocycles. The third kappa shape index (κ3) is 1.10. The van der Waals surface area contributed by atoms with Gasteiger partial charge in [0.15, 0.2) is 0 Å². The SMILES string of the molecule is O=c1[nH]occ(Br)c1=O. The lowest BCUT2D eigenvalue weighted by Gasteiger charge is -1.81. The zero-order chi connectivity index (χ0) is 6.85. The smallest absolute Gasteiger partial charge is 0.325 e. The summed E-state index contributed by atoms with van der Waals surface area (Å²) in [6.07, 6.45) is 1.11. The Morgan fingerprint density at radius 3 is 2.67 bits per heavy atom. The Morgan fingerprint density at radius 2 is 2.22 bits per heavy atom. The highest BCUT2D eigenvalue weighted by atomic mass is 79.9. The van der Waals surface area contributed by atoms with E-state index in [1.54, 1.807) is 0 Å². The molecule has 1 rings (SSSR count). The van der Waals surface area contributed by atoms with E-state index in [0.29, 0.717) is 0 Å². The zero-order valence-corrected chi connectivity index (χ0v) is 5.77. The zero-order valence-electron chi connectivity index (χ0n) is 4.18. The van der Waals surface area contributed by atoms with Gasteiger partial charge in [-0.3, -0.25) is 9.59 Å². The second-order valence-corrected chi connectivity index (χ2v) is 2.20. The van der Waals surface area contributed by atoms with Crippen molar-refractivity contribution in [3.8, 4) is 0 Å². The van der Waals surface area contributed by atoms with Gasteiger partial charge in [0.1, 0.15) is 10.7 Å². The molecule has 0 saturated heterocycles. The number of hydrogen-bond donors (Lipinski definition) is 1. The molecule has 0 atom stereocenters. The Balaban J connectivity index is 3.63. The summed E-state index contributed by atoms with van der Waals surface area (Å²) in [4.78, 5) is 20.9. The summed E-state index contributed by atoms with van der Waals surface area (Å²) in [7, 11) is 0. The molecule has 5 heteroatoms. The first-order valence-electron chi connectivity index (χ1n) is 2.08. The minimum atomic E-state index is -0.760. The van der Waals surface area contributed by atoms with Gasteiger partial charge in [0.2, 0.25) is 0 Å². The largest absolute Gasteiger partial charge is 0.386 e. The number of rotatable bonds is 0. The van der Waals surface area contributed by atoms with Crippen LogP contribution in [-0.4, -0.2) is 5.16 Å². The maximum atomic E-state index is 10.5. The fourth-order valence-electron chi connectivity index (χ4n) is 0.343. The lowest BCUT2D eigenvalue weighted by Crippen LogP contribution is -2.25. The Bertz CT molecular complexity index is 312. The molecule has 0 fully saturated rings.